The maximum absolute atomic E-state index is 13.5. The summed E-state index contributed by atoms with van der Waals surface area (Å²) in [5, 5.41) is 10.6. The van der Waals surface area contributed by atoms with E-state index in [1.54, 1.807) is 19.1 Å². The van der Waals surface area contributed by atoms with Crippen molar-refractivity contribution in [1.82, 2.24) is 10.2 Å². The fraction of sp³-hybridized carbons (Fsp3) is 0.167. The van der Waals surface area contributed by atoms with Gasteiger partial charge in [0.15, 0.2) is 6.61 Å². The van der Waals surface area contributed by atoms with Gasteiger partial charge < -0.3 is 14.5 Å². The first kappa shape index (κ1) is 17.9. The Labute approximate surface area is 153 Å². The number of thioether (sulfide) groups is 1. The van der Waals surface area contributed by atoms with Crippen LogP contribution in [-0.4, -0.2) is 21.9 Å². The second-order valence-corrected chi connectivity index (χ2v) is 6.29. The molecule has 0 aliphatic carbocycles. The lowest BCUT2D eigenvalue weighted by Gasteiger charge is -2.05. The van der Waals surface area contributed by atoms with Crippen molar-refractivity contribution in [2.45, 2.75) is 18.8 Å². The summed E-state index contributed by atoms with van der Waals surface area (Å²) in [6.07, 6.45) is 0. The van der Waals surface area contributed by atoms with Gasteiger partial charge in [-0.05, 0) is 36.8 Å². The molecule has 0 unspecified atom stereocenters. The monoisotopic (exact) mass is 373 g/mol. The predicted molar refractivity (Wildman–Crippen MR) is 95.6 cm³/mol. The Kier molecular flexibility index (Phi) is 5.85. The van der Waals surface area contributed by atoms with Crippen LogP contribution in [0.2, 0.25) is 0 Å². The smallest absolute Gasteiger partial charge is 0.277 e. The van der Waals surface area contributed by atoms with Crippen LogP contribution in [0.3, 0.4) is 0 Å². The molecule has 0 atom stereocenters. The summed E-state index contributed by atoms with van der Waals surface area (Å²) in [7, 11) is 0. The van der Waals surface area contributed by atoms with Crippen molar-refractivity contribution >= 4 is 23.4 Å². The van der Waals surface area contributed by atoms with E-state index in [2.05, 4.69) is 15.5 Å². The Morgan fingerprint density at radius 2 is 2.04 bits per heavy atom. The number of nitrogens with zero attached hydrogens (tertiary/aromatic N) is 2. The molecule has 1 N–H and O–H groups in total. The first-order valence-corrected chi connectivity index (χ1v) is 8.78. The van der Waals surface area contributed by atoms with Gasteiger partial charge in [0.05, 0.1) is 5.75 Å². The van der Waals surface area contributed by atoms with Gasteiger partial charge in [0.25, 0.3) is 11.1 Å². The number of carbonyl (C=O) groups excluding carboxylic acids is 1. The zero-order valence-corrected chi connectivity index (χ0v) is 14.8. The maximum Gasteiger partial charge on any atom is 0.277 e. The third kappa shape index (κ3) is 5.06. The number of aryl methyl sites for hydroxylation is 1. The molecule has 0 spiro atoms. The number of benzene rings is 2. The highest BCUT2D eigenvalue weighted by Crippen LogP contribution is 2.19. The number of amides is 1. The lowest BCUT2D eigenvalue weighted by molar-refractivity contribution is -0.113. The molecule has 3 aromatic rings. The maximum atomic E-state index is 13.5. The number of halogens is 1. The van der Waals surface area contributed by atoms with Crippen LogP contribution in [0.5, 0.6) is 5.75 Å². The number of hydrogen-bond donors (Lipinski definition) is 1. The van der Waals surface area contributed by atoms with E-state index in [1.165, 1.54) is 6.07 Å². The zero-order valence-electron chi connectivity index (χ0n) is 13.9. The summed E-state index contributed by atoms with van der Waals surface area (Å²) in [4.78, 5) is 11.9. The van der Waals surface area contributed by atoms with E-state index in [4.69, 9.17) is 9.15 Å². The topological polar surface area (TPSA) is 77.2 Å². The van der Waals surface area contributed by atoms with Gasteiger partial charge in [0.1, 0.15) is 11.6 Å². The van der Waals surface area contributed by atoms with Crippen molar-refractivity contribution in [3.8, 4) is 5.75 Å². The Morgan fingerprint density at radius 1 is 1.23 bits per heavy atom. The van der Waals surface area contributed by atoms with Gasteiger partial charge >= 0.3 is 0 Å². The van der Waals surface area contributed by atoms with Crippen LogP contribution >= 0.6 is 11.8 Å². The molecule has 0 aliphatic rings. The average Bonchev–Trinajstić information content (AvgIpc) is 3.10. The highest BCUT2D eigenvalue weighted by Gasteiger charge is 2.11. The van der Waals surface area contributed by atoms with Gasteiger partial charge in [-0.1, -0.05) is 36.0 Å². The predicted octanol–water partition coefficient (Wildman–Crippen LogP) is 3.83. The summed E-state index contributed by atoms with van der Waals surface area (Å²) in [6, 6.07) is 13.8. The van der Waals surface area contributed by atoms with Crippen LogP contribution in [0.25, 0.3) is 0 Å². The molecule has 134 valence electrons. The molecule has 0 saturated carbocycles. The van der Waals surface area contributed by atoms with Gasteiger partial charge in [-0.2, -0.15) is 0 Å². The summed E-state index contributed by atoms with van der Waals surface area (Å²) < 4.78 is 24.4. The first-order valence-electron chi connectivity index (χ1n) is 7.79. The van der Waals surface area contributed by atoms with E-state index in [0.29, 0.717) is 22.9 Å². The van der Waals surface area contributed by atoms with E-state index in [0.717, 1.165) is 11.8 Å². The summed E-state index contributed by atoms with van der Waals surface area (Å²) in [5.41, 5.74) is 0.926. The molecule has 0 aliphatic heterocycles. The second kappa shape index (κ2) is 8.48. The lowest BCUT2D eigenvalue weighted by atomic mass is 10.2. The first-order chi connectivity index (χ1) is 12.6. The number of ether oxygens (including phenoxy) is 1. The quantitative estimate of drug-likeness (QED) is 0.634. The van der Waals surface area contributed by atoms with Crippen molar-refractivity contribution in [3.63, 3.8) is 0 Å². The fourth-order valence-corrected chi connectivity index (χ4v) is 2.59. The number of nitrogens with one attached hydrogen (secondary N) is 1. The van der Waals surface area contributed by atoms with Crippen molar-refractivity contribution in [2.75, 3.05) is 11.1 Å². The molecule has 6 nitrogen and oxygen atoms in total. The third-order valence-corrected chi connectivity index (χ3v) is 4.15. The Hall–Kier alpha value is -2.87. The number of aromatic nitrogens is 2. The molecule has 26 heavy (non-hydrogen) atoms. The van der Waals surface area contributed by atoms with Gasteiger partial charge in [0, 0.05) is 5.69 Å². The molecular weight excluding hydrogens is 357 g/mol. The normalized spacial score (nSPS) is 10.5. The number of hydrogen-bond acceptors (Lipinski definition) is 6. The van der Waals surface area contributed by atoms with Gasteiger partial charge in [-0.15, -0.1) is 10.2 Å². The molecule has 1 amide bonds. The SMILES string of the molecule is Cc1ccc(NC(=O)CSc2nnc(COc3ccccc3)o2)cc1F. The number of carbonyl (C=O) groups is 1. The standard InChI is InChI=1S/C18H16FN3O3S/c1-12-7-8-13(9-15(12)19)20-16(23)11-26-18-22-21-17(25-18)10-24-14-5-3-2-4-6-14/h2-9H,10-11H2,1H3,(H,20,23). The highest BCUT2D eigenvalue weighted by atomic mass is 32.2. The van der Waals surface area contributed by atoms with Crippen molar-refractivity contribution in [2.24, 2.45) is 0 Å². The Bertz CT molecular complexity index is 886. The summed E-state index contributed by atoms with van der Waals surface area (Å²) >= 11 is 1.10. The van der Waals surface area contributed by atoms with Gasteiger partial charge in [-0.25, -0.2) is 4.39 Å². The summed E-state index contributed by atoms with van der Waals surface area (Å²) in [6.45, 7) is 1.80. The Balaban J connectivity index is 1.46. The minimum Gasteiger partial charge on any atom is -0.484 e. The molecule has 1 aromatic heterocycles. The van der Waals surface area contributed by atoms with Crippen molar-refractivity contribution < 1.29 is 18.3 Å². The molecule has 8 heteroatoms. The molecule has 0 saturated heterocycles. The van der Waals surface area contributed by atoms with Crippen LogP contribution < -0.4 is 10.1 Å². The van der Waals surface area contributed by atoms with E-state index in [9.17, 15) is 9.18 Å². The van der Waals surface area contributed by atoms with Crippen molar-refractivity contribution in [3.05, 3.63) is 65.8 Å². The van der Waals surface area contributed by atoms with Crippen LogP contribution in [0.4, 0.5) is 10.1 Å². The summed E-state index contributed by atoms with van der Waals surface area (Å²) in [5.74, 6) is 0.423. The van der Waals surface area contributed by atoms with Crippen LogP contribution in [0, 0.1) is 12.7 Å². The lowest BCUT2D eigenvalue weighted by Crippen LogP contribution is -2.14. The number of rotatable bonds is 7. The van der Waals surface area contributed by atoms with Crippen molar-refractivity contribution in [1.29, 1.82) is 0 Å². The number of para-hydroxylation sites is 1. The van der Waals surface area contributed by atoms with E-state index in [1.807, 2.05) is 30.3 Å². The van der Waals surface area contributed by atoms with E-state index >= 15 is 0 Å². The van der Waals surface area contributed by atoms with Crippen LogP contribution in [0.15, 0.2) is 58.2 Å². The molecule has 0 radical (unpaired) electrons. The molecule has 3 rings (SSSR count). The largest absolute Gasteiger partial charge is 0.484 e. The van der Waals surface area contributed by atoms with Gasteiger partial charge in [-0.3, -0.25) is 4.79 Å². The van der Waals surface area contributed by atoms with Gasteiger partial charge in [0.2, 0.25) is 5.91 Å². The third-order valence-electron chi connectivity index (χ3n) is 3.34. The molecule has 1 heterocycles. The molecule has 2 aromatic carbocycles. The molecular formula is C18H16FN3O3S. The second-order valence-electron chi connectivity index (χ2n) is 5.36. The molecule has 0 bridgehead atoms. The minimum absolute atomic E-state index is 0.0661. The zero-order chi connectivity index (χ0) is 18.4. The Morgan fingerprint density at radius 3 is 2.81 bits per heavy atom. The molecule has 0 fully saturated rings. The highest BCUT2D eigenvalue weighted by molar-refractivity contribution is 7.99. The van der Waals surface area contributed by atoms with Crippen LogP contribution in [0.1, 0.15) is 11.5 Å². The average molecular weight is 373 g/mol. The van der Waals surface area contributed by atoms with Crippen LogP contribution in [-0.2, 0) is 11.4 Å². The van der Waals surface area contributed by atoms with E-state index in [-0.39, 0.29) is 29.3 Å². The van der Waals surface area contributed by atoms with E-state index < -0.39 is 0 Å². The number of anilines is 1. The fourth-order valence-electron chi connectivity index (χ4n) is 2.01. The minimum atomic E-state index is -0.365.